The lowest BCUT2D eigenvalue weighted by Gasteiger charge is -2.37. The molecule has 2 nitrogen and oxygen atoms in total. The first kappa shape index (κ1) is 9.01. The molecule has 1 spiro atoms. The van der Waals surface area contributed by atoms with Crippen LogP contribution in [0.4, 0.5) is 15.8 Å². The summed E-state index contributed by atoms with van der Waals surface area (Å²) in [6.07, 6.45) is 4.94. The monoisotopic (exact) mass is 206 g/mol. The molecule has 2 N–H and O–H groups in total. The quantitative estimate of drug-likeness (QED) is 0.682. The molecule has 15 heavy (non-hydrogen) atoms. The summed E-state index contributed by atoms with van der Waals surface area (Å²) in [6, 6.07) is 4.89. The fourth-order valence-electron chi connectivity index (χ4n) is 2.72. The molecule has 0 amide bonds. The summed E-state index contributed by atoms with van der Waals surface area (Å²) in [5.74, 6) is -0.168. The highest BCUT2D eigenvalue weighted by atomic mass is 19.1. The minimum atomic E-state index is -0.168. The van der Waals surface area contributed by atoms with Crippen molar-refractivity contribution >= 4 is 11.4 Å². The van der Waals surface area contributed by atoms with Gasteiger partial charge in [-0.05, 0) is 31.0 Å². The minimum absolute atomic E-state index is 0.168. The standard InChI is InChI=1S/C12H15FN2/c13-9-3-4-10-11(7-9)15-12(8-14-10)5-1-2-6-12/h3-4,7,14-15H,1-2,5-6,8H2. The third-order valence-corrected chi connectivity index (χ3v) is 3.56. The minimum Gasteiger partial charge on any atom is -0.381 e. The molecular formula is C12H15FN2. The number of halogens is 1. The summed E-state index contributed by atoms with van der Waals surface area (Å²) in [5.41, 5.74) is 2.12. The first-order valence-corrected chi connectivity index (χ1v) is 5.59. The van der Waals surface area contributed by atoms with Gasteiger partial charge in [0.25, 0.3) is 0 Å². The molecular weight excluding hydrogens is 191 g/mol. The van der Waals surface area contributed by atoms with Crippen LogP contribution in [0.1, 0.15) is 25.7 Å². The van der Waals surface area contributed by atoms with Gasteiger partial charge < -0.3 is 10.6 Å². The van der Waals surface area contributed by atoms with E-state index >= 15 is 0 Å². The van der Waals surface area contributed by atoms with E-state index in [1.54, 1.807) is 12.1 Å². The van der Waals surface area contributed by atoms with Crippen LogP contribution >= 0.6 is 0 Å². The Morgan fingerprint density at radius 3 is 2.73 bits per heavy atom. The van der Waals surface area contributed by atoms with Gasteiger partial charge in [0.1, 0.15) is 5.82 Å². The molecule has 1 aromatic carbocycles. The number of hydrogen-bond acceptors (Lipinski definition) is 2. The lowest BCUT2D eigenvalue weighted by Crippen LogP contribution is -2.45. The van der Waals surface area contributed by atoms with Crippen molar-refractivity contribution in [1.82, 2.24) is 0 Å². The van der Waals surface area contributed by atoms with Gasteiger partial charge >= 0.3 is 0 Å². The summed E-state index contributed by atoms with van der Waals surface area (Å²) in [7, 11) is 0. The van der Waals surface area contributed by atoms with Crippen molar-refractivity contribution in [2.75, 3.05) is 17.2 Å². The maximum absolute atomic E-state index is 13.1. The summed E-state index contributed by atoms with van der Waals surface area (Å²) < 4.78 is 13.1. The third-order valence-electron chi connectivity index (χ3n) is 3.56. The summed E-state index contributed by atoms with van der Waals surface area (Å²) >= 11 is 0. The maximum Gasteiger partial charge on any atom is 0.125 e. The van der Waals surface area contributed by atoms with Gasteiger partial charge in [-0.1, -0.05) is 12.8 Å². The molecule has 0 unspecified atom stereocenters. The predicted octanol–water partition coefficient (Wildman–Crippen LogP) is 2.98. The van der Waals surface area contributed by atoms with Crippen molar-refractivity contribution in [2.45, 2.75) is 31.2 Å². The Balaban J connectivity index is 1.94. The average Bonchev–Trinajstić information content (AvgIpc) is 2.66. The van der Waals surface area contributed by atoms with E-state index in [0.29, 0.717) is 0 Å². The van der Waals surface area contributed by atoms with E-state index in [2.05, 4.69) is 10.6 Å². The van der Waals surface area contributed by atoms with E-state index in [4.69, 9.17) is 0 Å². The average molecular weight is 206 g/mol. The lowest BCUT2D eigenvalue weighted by atomic mass is 9.94. The van der Waals surface area contributed by atoms with Crippen LogP contribution < -0.4 is 10.6 Å². The first-order chi connectivity index (χ1) is 7.27. The normalized spacial score (nSPS) is 21.9. The molecule has 1 aliphatic carbocycles. The van der Waals surface area contributed by atoms with E-state index in [9.17, 15) is 4.39 Å². The summed E-state index contributed by atoms with van der Waals surface area (Å²) in [4.78, 5) is 0. The number of hydrogen-bond donors (Lipinski definition) is 2. The number of nitrogens with one attached hydrogen (secondary N) is 2. The Morgan fingerprint density at radius 1 is 1.13 bits per heavy atom. The van der Waals surface area contributed by atoms with Crippen molar-refractivity contribution in [3.05, 3.63) is 24.0 Å². The molecule has 80 valence electrons. The van der Waals surface area contributed by atoms with Gasteiger partial charge in [0.05, 0.1) is 16.9 Å². The Bertz CT molecular complexity index is 383. The number of anilines is 2. The van der Waals surface area contributed by atoms with E-state index in [1.165, 1.54) is 31.7 Å². The zero-order valence-electron chi connectivity index (χ0n) is 8.65. The molecule has 1 aromatic rings. The number of rotatable bonds is 0. The fourth-order valence-corrected chi connectivity index (χ4v) is 2.72. The number of benzene rings is 1. The molecule has 0 aromatic heterocycles. The summed E-state index contributed by atoms with van der Waals surface area (Å²) in [6.45, 7) is 0.964. The zero-order chi connectivity index (χ0) is 10.3. The van der Waals surface area contributed by atoms with Gasteiger partial charge in [-0.25, -0.2) is 4.39 Å². The SMILES string of the molecule is Fc1ccc2c(c1)NC1(CCCC1)CN2. The van der Waals surface area contributed by atoms with Crippen molar-refractivity contribution in [2.24, 2.45) is 0 Å². The highest BCUT2D eigenvalue weighted by Crippen LogP contribution is 2.39. The molecule has 2 aliphatic rings. The van der Waals surface area contributed by atoms with E-state index in [-0.39, 0.29) is 11.4 Å². The summed E-state index contributed by atoms with van der Waals surface area (Å²) in [5, 5.41) is 6.90. The van der Waals surface area contributed by atoms with Crippen molar-refractivity contribution in [3.8, 4) is 0 Å². The maximum atomic E-state index is 13.1. The molecule has 0 radical (unpaired) electrons. The van der Waals surface area contributed by atoms with Gasteiger partial charge in [0.15, 0.2) is 0 Å². The smallest absolute Gasteiger partial charge is 0.125 e. The van der Waals surface area contributed by atoms with Crippen LogP contribution in [0.5, 0.6) is 0 Å². The molecule has 1 aliphatic heterocycles. The van der Waals surface area contributed by atoms with Gasteiger partial charge in [0, 0.05) is 6.54 Å². The van der Waals surface area contributed by atoms with Gasteiger partial charge in [-0.3, -0.25) is 0 Å². The topological polar surface area (TPSA) is 24.1 Å². The van der Waals surface area contributed by atoms with Crippen molar-refractivity contribution in [3.63, 3.8) is 0 Å². The molecule has 3 rings (SSSR count). The molecule has 0 atom stereocenters. The molecule has 3 heteroatoms. The van der Waals surface area contributed by atoms with E-state index in [1.807, 2.05) is 0 Å². The third kappa shape index (κ3) is 1.46. The van der Waals surface area contributed by atoms with E-state index in [0.717, 1.165) is 17.9 Å². The number of fused-ring (bicyclic) bond motifs is 1. The van der Waals surface area contributed by atoms with Gasteiger partial charge in [0.2, 0.25) is 0 Å². The van der Waals surface area contributed by atoms with Gasteiger partial charge in [-0.2, -0.15) is 0 Å². The Labute approximate surface area is 88.9 Å². The molecule has 0 saturated heterocycles. The van der Waals surface area contributed by atoms with Gasteiger partial charge in [-0.15, -0.1) is 0 Å². The second-order valence-corrected chi connectivity index (χ2v) is 4.66. The second-order valence-electron chi connectivity index (χ2n) is 4.66. The largest absolute Gasteiger partial charge is 0.381 e. The molecule has 1 saturated carbocycles. The van der Waals surface area contributed by atoms with Crippen molar-refractivity contribution < 1.29 is 4.39 Å². The van der Waals surface area contributed by atoms with Crippen LogP contribution in [-0.2, 0) is 0 Å². The van der Waals surface area contributed by atoms with Crippen LogP contribution in [0.3, 0.4) is 0 Å². The fraction of sp³-hybridized carbons (Fsp3) is 0.500. The van der Waals surface area contributed by atoms with Crippen LogP contribution in [0, 0.1) is 5.82 Å². The predicted molar refractivity (Wildman–Crippen MR) is 59.7 cm³/mol. The zero-order valence-corrected chi connectivity index (χ0v) is 8.65. The second kappa shape index (κ2) is 3.12. The van der Waals surface area contributed by atoms with E-state index < -0.39 is 0 Å². The Morgan fingerprint density at radius 2 is 1.93 bits per heavy atom. The van der Waals surface area contributed by atoms with Crippen LogP contribution in [-0.4, -0.2) is 12.1 Å². The van der Waals surface area contributed by atoms with Crippen molar-refractivity contribution in [1.29, 1.82) is 0 Å². The Kier molecular flexibility index (Phi) is 1.87. The molecule has 1 fully saturated rings. The lowest BCUT2D eigenvalue weighted by molar-refractivity contribution is 0.499. The Hall–Kier alpha value is -1.25. The van der Waals surface area contributed by atoms with Crippen LogP contribution in [0.25, 0.3) is 0 Å². The molecule has 1 heterocycles. The van der Waals surface area contributed by atoms with Crippen LogP contribution in [0.15, 0.2) is 18.2 Å². The molecule has 0 bridgehead atoms. The first-order valence-electron chi connectivity index (χ1n) is 5.59. The van der Waals surface area contributed by atoms with Crippen LogP contribution in [0.2, 0.25) is 0 Å². The highest BCUT2D eigenvalue weighted by molar-refractivity contribution is 5.72. The highest BCUT2D eigenvalue weighted by Gasteiger charge is 2.36.